The SMILES string of the molecule is CCNC(=NCC1CCN(C)CC1)NC1CCN(c2ccccc2OC)C1.I. The standard InChI is InChI=1S/C21H35N5O.HI/c1-4-22-21(23-15-17-9-12-25(2)13-10-17)24-18-11-14-26(16-18)19-7-5-6-8-20(19)27-3;/h5-8,17-18H,4,9-16H2,1-3H3,(H2,22,23,24);1H. The van der Waals surface area contributed by atoms with Crippen LogP contribution in [0.25, 0.3) is 0 Å². The Morgan fingerprint density at radius 2 is 1.93 bits per heavy atom. The molecule has 0 radical (unpaired) electrons. The lowest BCUT2D eigenvalue weighted by atomic mass is 9.97. The third-order valence-corrected chi connectivity index (χ3v) is 5.64. The second-order valence-electron chi connectivity index (χ2n) is 7.71. The van der Waals surface area contributed by atoms with Crippen LogP contribution in [-0.4, -0.2) is 70.3 Å². The zero-order valence-corrected chi connectivity index (χ0v) is 19.8. The summed E-state index contributed by atoms with van der Waals surface area (Å²) in [6.45, 7) is 8.34. The lowest BCUT2D eigenvalue weighted by molar-refractivity contribution is 0.223. The second kappa shape index (κ2) is 11.7. The molecule has 0 aliphatic carbocycles. The zero-order chi connectivity index (χ0) is 19.1. The van der Waals surface area contributed by atoms with E-state index in [1.54, 1.807) is 7.11 Å². The van der Waals surface area contributed by atoms with Crippen LogP contribution >= 0.6 is 24.0 Å². The number of nitrogens with zero attached hydrogens (tertiary/aromatic N) is 3. The van der Waals surface area contributed by atoms with Gasteiger partial charge in [-0.2, -0.15) is 0 Å². The summed E-state index contributed by atoms with van der Waals surface area (Å²) in [6.07, 6.45) is 3.62. The summed E-state index contributed by atoms with van der Waals surface area (Å²) in [7, 11) is 3.95. The highest BCUT2D eigenvalue weighted by Crippen LogP contribution is 2.30. The fourth-order valence-electron chi connectivity index (χ4n) is 3.97. The van der Waals surface area contributed by atoms with Crippen molar-refractivity contribution in [2.24, 2.45) is 10.9 Å². The molecule has 1 aromatic rings. The normalized spacial score (nSPS) is 21.3. The summed E-state index contributed by atoms with van der Waals surface area (Å²) in [6, 6.07) is 8.67. The van der Waals surface area contributed by atoms with Crippen LogP contribution in [0.1, 0.15) is 26.2 Å². The van der Waals surface area contributed by atoms with E-state index in [1.165, 1.54) is 31.6 Å². The molecule has 2 saturated heterocycles. The van der Waals surface area contributed by atoms with E-state index in [4.69, 9.17) is 9.73 Å². The van der Waals surface area contributed by atoms with Crippen LogP contribution in [0.2, 0.25) is 0 Å². The summed E-state index contributed by atoms with van der Waals surface area (Å²) in [5, 5.41) is 7.07. The molecule has 28 heavy (non-hydrogen) atoms. The highest BCUT2D eigenvalue weighted by molar-refractivity contribution is 14.0. The van der Waals surface area contributed by atoms with Gasteiger partial charge in [-0.15, -0.1) is 24.0 Å². The van der Waals surface area contributed by atoms with Gasteiger partial charge in [-0.05, 0) is 64.4 Å². The number of likely N-dealkylation sites (tertiary alicyclic amines) is 1. The average molecular weight is 501 g/mol. The first-order valence-electron chi connectivity index (χ1n) is 10.3. The molecule has 0 aromatic heterocycles. The zero-order valence-electron chi connectivity index (χ0n) is 17.5. The van der Waals surface area contributed by atoms with Crippen molar-refractivity contribution in [1.82, 2.24) is 15.5 Å². The van der Waals surface area contributed by atoms with Crippen molar-refractivity contribution in [3.63, 3.8) is 0 Å². The van der Waals surface area contributed by atoms with E-state index in [9.17, 15) is 0 Å². The van der Waals surface area contributed by atoms with Gasteiger partial charge in [0.25, 0.3) is 0 Å². The number of aliphatic imine (C=N–C) groups is 1. The van der Waals surface area contributed by atoms with Crippen LogP contribution in [0, 0.1) is 5.92 Å². The van der Waals surface area contributed by atoms with E-state index < -0.39 is 0 Å². The monoisotopic (exact) mass is 501 g/mol. The van der Waals surface area contributed by atoms with Crippen molar-refractivity contribution >= 4 is 35.6 Å². The molecule has 158 valence electrons. The fraction of sp³-hybridized carbons (Fsp3) is 0.667. The summed E-state index contributed by atoms with van der Waals surface area (Å²) in [5.74, 6) is 2.62. The largest absolute Gasteiger partial charge is 0.495 e. The molecule has 7 heteroatoms. The van der Waals surface area contributed by atoms with Crippen molar-refractivity contribution in [3.8, 4) is 5.75 Å². The van der Waals surface area contributed by atoms with Gasteiger partial charge in [-0.3, -0.25) is 4.99 Å². The summed E-state index contributed by atoms with van der Waals surface area (Å²) < 4.78 is 5.52. The molecule has 1 unspecified atom stereocenters. The van der Waals surface area contributed by atoms with Gasteiger partial charge in [-0.25, -0.2) is 0 Å². The quantitative estimate of drug-likeness (QED) is 0.357. The highest BCUT2D eigenvalue weighted by atomic mass is 127. The number of hydrogen-bond donors (Lipinski definition) is 2. The Bertz CT molecular complexity index is 619. The number of benzene rings is 1. The Hall–Kier alpha value is -1.22. The van der Waals surface area contributed by atoms with Crippen molar-refractivity contribution in [1.29, 1.82) is 0 Å². The number of guanidine groups is 1. The highest BCUT2D eigenvalue weighted by Gasteiger charge is 2.25. The van der Waals surface area contributed by atoms with Gasteiger partial charge in [0.15, 0.2) is 5.96 Å². The topological polar surface area (TPSA) is 52.1 Å². The molecule has 2 aliphatic heterocycles. The smallest absolute Gasteiger partial charge is 0.191 e. The van der Waals surface area contributed by atoms with Gasteiger partial charge in [0, 0.05) is 32.2 Å². The molecule has 0 saturated carbocycles. The number of halogens is 1. The molecule has 2 heterocycles. The van der Waals surface area contributed by atoms with Crippen LogP contribution < -0.4 is 20.3 Å². The molecular formula is C21H36IN5O. The molecule has 0 amide bonds. The number of methoxy groups -OCH3 is 1. The predicted octanol–water partition coefficient (Wildman–Crippen LogP) is 2.79. The maximum absolute atomic E-state index is 5.52. The molecule has 1 aromatic carbocycles. The Kier molecular flexibility index (Phi) is 9.64. The molecule has 2 fully saturated rings. The third-order valence-electron chi connectivity index (χ3n) is 5.64. The van der Waals surface area contributed by atoms with Crippen molar-refractivity contribution < 1.29 is 4.74 Å². The van der Waals surface area contributed by atoms with E-state index in [2.05, 4.69) is 46.5 Å². The molecule has 3 rings (SSSR count). The summed E-state index contributed by atoms with van der Waals surface area (Å²) in [4.78, 5) is 9.70. The molecule has 0 spiro atoms. The van der Waals surface area contributed by atoms with Gasteiger partial charge in [0.1, 0.15) is 5.75 Å². The average Bonchev–Trinajstić information content (AvgIpc) is 3.16. The van der Waals surface area contributed by atoms with E-state index >= 15 is 0 Å². The van der Waals surface area contributed by atoms with Crippen molar-refractivity contribution in [2.75, 3.05) is 58.3 Å². The minimum atomic E-state index is 0. The summed E-state index contributed by atoms with van der Waals surface area (Å²) in [5.41, 5.74) is 1.18. The van der Waals surface area contributed by atoms with Crippen LogP contribution in [0.15, 0.2) is 29.3 Å². The van der Waals surface area contributed by atoms with Crippen molar-refractivity contribution in [3.05, 3.63) is 24.3 Å². The molecule has 0 bridgehead atoms. The van der Waals surface area contributed by atoms with E-state index in [0.717, 1.165) is 44.3 Å². The van der Waals surface area contributed by atoms with Crippen LogP contribution in [0.4, 0.5) is 5.69 Å². The lowest BCUT2D eigenvalue weighted by Gasteiger charge is -2.28. The first-order chi connectivity index (χ1) is 13.2. The van der Waals surface area contributed by atoms with Gasteiger partial charge in [0.2, 0.25) is 0 Å². The fourth-order valence-corrected chi connectivity index (χ4v) is 3.97. The molecule has 1 atom stereocenters. The van der Waals surface area contributed by atoms with Gasteiger partial charge >= 0.3 is 0 Å². The number of piperidine rings is 1. The minimum absolute atomic E-state index is 0. The minimum Gasteiger partial charge on any atom is -0.495 e. The Morgan fingerprint density at radius 1 is 1.18 bits per heavy atom. The van der Waals surface area contributed by atoms with Gasteiger partial charge < -0.3 is 25.2 Å². The Balaban J connectivity index is 0.00000280. The van der Waals surface area contributed by atoms with Crippen LogP contribution in [0.5, 0.6) is 5.75 Å². The lowest BCUT2D eigenvalue weighted by Crippen LogP contribution is -2.45. The molecular weight excluding hydrogens is 465 g/mol. The first kappa shape index (κ1) is 23.1. The number of rotatable bonds is 6. The van der Waals surface area contributed by atoms with Gasteiger partial charge in [-0.1, -0.05) is 12.1 Å². The van der Waals surface area contributed by atoms with Gasteiger partial charge in [0.05, 0.1) is 12.8 Å². The van der Waals surface area contributed by atoms with E-state index in [0.29, 0.717) is 12.0 Å². The maximum Gasteiger partial charge on any atom is 0.191 e. The Labute approximate surface area is 187 Å². The maximum atomic E-state index is 5.52. The molecule has 2 aliphatic rings. The number of ether oxygens (including phenoxy) is 1. The Morgan fingerprint density at radius 3 is 2.64 bits per heavy atom. The second-order valence-corrected chi connectivity index (χ2v) is 7.71. The van der Waals surface area contributed by atoms with Crippen molar-refractivity contribution in [2.45, 2.75) is 32.2 Å². The first-order valence-corrected chi connectivity index (χ1v) is 10.3. The number of nitrogens with one attached hydrogen (secondary N) is 2. The van der Waals surface area contributed by atoms with Crippen LogP contribution in [0.3, 0.4) is 0 Å². The summed E-state index contributed by atoms with van der Waals surface area (Å²) >= 11 is 0. The number of anilines is 1. The number of para-hydroxylation sites is 2. The van der Waals surface area contributed by atoms with E-state index in [1.807, 2.05) is 12.1 Å². The van der Waals surface area contributed by atoms with E-state index in [-0.39, 0.29) is 24.0 Å². The molecule has 2 N–H and O–H groups in total. The third kappa shape index (κ3) is 6.40. The van der Waals surface area contributed by atoms with Crippen LogP contribution in [-0.2, 0) is 0 Å². The number of hydrogen-bond acceptors (Lipinski definition) is 4. The molecule has 6 nitrogen and oxygen atoms in total. The predicted molar refractivity (Wildman–Crippen MR) is 128 cm³/mol.